The molecule has 0 spiro atoms. The maximum atomic E-state index is 12.1. The summed E-state index contributed by atoms with van der Waals surface area (Å²) in [5, 5.41) is 12.6. The molecule has 1 aromatic rings. The molecule has 2 rings (SSSR count). The number of rotatable bonds is 2. The third-order valence-corrected chi connectivity index (χ3v) is 3.00. The summed E-state index contributed by atoms with van der Waals surface area (Å²) in [6, 6.07) is 6.73. The predicted molar refractivity (Wildman–Crippen MR) is 68.7 cm³/mol. The summed E-state index contributed by atoms with van der Waals surface area (Å²) in [6.07, 6.45) is 0.987. The molecule has 1 saturated heterocycles. The second-order valence-electron chi connectivity index (χ2n) is 4.11. The van der Waals surface area contributed by atoms with Crippen molar-refractivity contribution < 1.29 is 9.90 Å². The van der Waals surface area contributed by atoms with E-state index in [1.807, 2.05) is 7.05 Å². The van der Waals surface area contributed by atoms with Crippen LogP contribution in [-0.4, -0.2) is 42.1 Å². The molecule has 1 unspecified atom stereocenters. The van der Waals surface area contributed by atoms with E-state index in [1.54, 1.807) is 23.1 Å². The van der Waals surface area contributed by atoms with E-state index in [2.05, 4.69) is 5.32 Å². The molecule has 0 radical (unpaired) electrons. The molecule has 1 amide bonds. The molecule has 17 heavy (non-hydrogen) atoms. The summed E-state index contributed by atoms with van der Waals surface area (Å²) >= 11 is 0. The minimum atomic E-state index is -0.0374. The van der Waals surface area contributed by atoms with Gasteiger partial charge in [-0.3, -0.25) is 4.79 Å². The van der Waals surface area contributed by atoms with E-state index in [1.165, 1.54) is 6.07 Å². The highest BCUT2D eigenvalue weighted by Gasteiger charge is 2.23. The van der Waals surface area contributed by atoms with Crippen LogP contribution in [0.15, 0.2) is 24.3 Å². The van der Waals surface area contributed by atoms with Gasteiger partial charge >= 0.3 is 0 Å². The van der Waals surface area contributed by atoms with Crippen molar-refractivity contribution in [2.45, 2.75) is 12.5 Å². The molecule has 0 saturated carbocycles. The summed E-state index contributed by atoms with van der Waals surface area (Å²) in [4.78, 5) is 13.8. The number of likely N-dealkylation sites (N-methyl/N-ethyl adjacent to an activating group) is 1. The van der Waals surface area contributed by atoms with Crippen molar-refractivity contribution in [1.29, 1.82) is 0 Å². The van der Waals surface area contributed by atoms with Crippen LogP contribution in [0.2, 0.25) is 0 Å². The second kappa shape index (κ2) is 5.89. The highest BCUT2D eigenvalue weighted by atomic mass is 35.5. The number of nitrogens with one attached hydrogen (secondary N) is 1. The monoisotopic (exact) mass is 256 g/mol. The van der Waals surface area contributed by atoms with Gasteiger partial charge in [0, 0.05) is 25.2 Å². The number of carbonyl (C=O) groups excluding carboxylic acids is 1. The Morgan fingerprint density at radius 1 is 1.53 bits per heavy atom. The standard InChI is InChI=1S/C12H16N2O2.ClH/c1-14(10-5-6-13-8-10)12(16)9-3-2-4-11(15)7-9;/h2-4,7,10,13,15H,5-6,8H2,1H3;1H. The number of nitrogens with zero attached hydrogens (tertiary/aromatic N) is 1. The molecule has 0 aromatic heterocycles. The summed E-state index contributed by atoms with van der Waals surface area (Å²) in [5.74, 6) is 0.0911. The van der Waals surface area contributed by atoms with Crippen molar-refractivity contribution >= 4 is 18.3 Å². The minimum absolute atomic E-state index is 0. The summed E-state index contributed by atoms with van der Waals surface area (Å²) < 4.78 is 0. The van der Waals surface area contributed by atoms with Gasteiger partial charge in [0.15, 0.2) is 0 Å². The molecule has 1 heterocycles. The van der Waals surface area contributed by atoms with Crippen LogP contribution >= 0.6 is 12.4 Å². The molecule has 5 heteroatoms. The van der Waals surface area contributed by atoms with Crippen molar-refractivity contribution in [2.24, 2.45) is 0 Å². The lowest BCUT2D eigenvalue weighted by atomic mass is 10.1. The molecule has 94 valence electrons. The molecule has 2 N–H and O–H groups in total. The van der Waals surface area contributed by atoms with Gasteiger partial charge in [-0.15, -0.1) is 12.4 Å². The van der Waals surface area contributed by atoms with Gasteiger partial charge in [0.2, 0.25) is 0 Å². The highest BCUT2D eigenvalue weighted by molar-refractivity contribution is 5.94. The number of amides is 1. The lowest BCUT2D eigenvalue weighted by Crippen LogP contribution is -2.38. The Morgan fingerprint density at radius 2 is 2.29 bits per heavy atom. The normalized spacial score (nSPS) is 18.5. The zero-order chi connectivity index (χ0) is 11.5. The van der Waals surface area contributed by atoms with Crippen LogP contribution in [0.25, 0.3) is 0 Å². The zero-order valence-electron chi connectivity index (χ0n) is 9.72. The number of carbonyl (C=O) groups is 1. The minimum Gasteiger partial charge on any atom is -0.508 e. The van der Waals surface area contributed by atoms with Crippen molar-refractivity contribution in [3.63, 3.8) is 0 Å². The fourth-order valence-corrected chi connectivity index (χ4v) is 1.98. The van der Waals surface area contributed by atoms with Gasteiger partial charge in [-0.1, -0.05) is 6.07 Å². The average molecular weight is 257 g/mol. The number of phenols is 1. The molecule has 4 nitrogen and oxygen atoms in total. The quantitative estimate of drug-likeness (QED) is 0.837. The SMILES string of the molecule is CN(C(=O)c1cccc(O)c1)C1CCNC1.Cl. The van der Waals surface area contributed by atoms with Gasteiger partial charge < -0.3 is 15.3 Å². The van der Waals surface area contributed by atoms with Crippen LogP contribution in [0.5, 0.6) is 5.75 Å². The van der Waals surface area contributed by atoms with Crippen molar-refractivity contribution in [3.05, 3.63) is 29.8 Å². The van der Waals surface area contributed by atoms with E-state index in [-0.39, 0.29) is 30.1 Å². The van der Waals surface area contributed by atoms with Crippen LogP contribution in [0.1, 0.15) is 16.8 Å². The topological polar surface area (TPSA) is 52.6 Å². The van der Waals surface area contributed by atoms with Crippen LogP contribution in [0.4, 0.5) is 0 Å². The number of phenolic OH excluding ortho intramolecular Hbond substituents is 1. The first kappa shape index (κ1) is 13.8. The fourth-order valence-electron chi connectivity index (χ4n) is 1.98. The maximum absolute atomic E-state index is 12.1. The van der Waals surface area contributed by atoms with E-state index in [0.717, 1.165) is 19.5 Å². The Morgan fingerprint density at radius 3 is 2.88 bits per heavy atom. The van der Waals surface area contributed by atoms with E-state index < -0.39 is 0 Å². The Balaban J connectivity index is 0.00000144. The van der Waals surface area contributed by atoms with E-state index in [4.69, 9.17) is 0 Å². The third kappa shape index (κ3) is 3.11. The van der Waals surface area contributed by atoms with E-state index in [0.29, 0.717) is 5.56 Å². The zero-order valence-corrected chi connectivity index (χ0v) is 10.5. The summed E-state index contributed by atoms with van der Waals surface area (Å²) in [7, 11) is 1.81. The first-order chi connectivity index (χ1) is 7.68. The van der Waals surface area contributed by atoms with Gasteiger partial charge in [-0.2, -0.15) is 0 Å². The van der Waals surface area contributed by atoms with Gasteiger partial charge in [-0.25, -0.2) is 0 Å². The highest BCUT2D eigenvalue weighted by Crippen LogP contribution is 2.15. The number of aromatic hydroxyl groups is 1. The molecule has 1 aliphatic rings. The number of hydrogen-bond acceptors (Lipinski definition) is 3. The molecule has 1 aromatic carbocycles. The lowest BCUT2D eigenvalue weighted by molar-refractivity contribution is 0.0743. The van der Waals surface area contributed by atoms with Gasteiger partial charge in [0.25, 0.3) is 5.91 Å². The first-order valence-corrected chi connectivity index (χ1v) is 5.45. The van der Waals surface area contributed by atoms with Crippen molar-refractivity contribution in [1.82, 2.24) is 10.2 Å². The number of benzene rings is 1. The molecule has 1 aliphatic heterocycles. The average Bonchev–Trinajstić information content (AvgIpc) is 2.80. The van der Waals surface area contributed by atoms with E-state index in [9.17, 15) is 9.90 Å². The summed E-state index contributed by atoms with van der Waals surface area (Å²) in [5.41, 5.74) is 0.536. The summed E-state index contributed by atoms with van der Waals surface area (Å²) in [6.45, 7) is 1.81. The Kier molecular flexibility index (Phi) is 4.78. The molecule has 0 bridgehead atoms. The fraction of sp³-hybridized carbons (Fsp3) is 0.417. The smallest absolute Gasteiger partial charge is 0.254 e. The molecule has 1 fully saturated rings. The Labute approximate surface area is 107 Å². The van der Waals surface area contributed by atoms with E-state index >= 15 is 0 Å². The lowest BCUT2D eigenvalue weighted by Gasteiger charge is -2.23. The van der Waals surface area contributed by atoms with Gasteiger partial charge in [0.1, 0.15) is 5.75 Å². The second-order valence-corrected chi connectivity index (χ2v) is 4.11. The number of halogens is 1. The van der Waals surface area contributed by atoms with Crippen molar-refractivity contribution in [3.8, 4) is 5.75 Å². The van der Waals surface area contributed by atoms with Gasteiger partial charge in [-0.05, 0) is 31.2 Å². The number of hydrogen-bond donors (Lipinski definition) is 2. The predicted octanol–water partition coefficient (Wildman–Crippen LogP) is 1.25. The molecular formula is C12H17ClN2O2. The van der Waals surface area contributed by atoms with Crippen LogP contribution in [0.3, 0.4) is 0 Å². The first-order valence-electron chi connectivity index (χ1n) is 5.45. The molecule has 1 atom stereocenters. The molecule has 0 aliphatic carbocycles. The van der Waals surface area contributed by atoms with Crippen molar-refractivity contribution in [2.75, 3.05) is 20.1 Å². The van der Waals surface area contributed by atoms with Crippen LogP contribution in [0, 0.1) is 0 Å². The van der Waals surface area contributed by atoms with Gasteiger partial charge in [0.05, 0.1) is 0 Å². The van der Waals surface area contributed by atoms with Crippen LogP contribution in [-0.2, 0) is 0 Å². The Hall–Kier alpha value is -1.26. The Bertz CT molecular complexity index is 392. The van der Waals surface area contributed by atoms with Crippen LogP contribution < -0.4 is 5.32 Å². The molecular weight excluding hydrogens is 240 g/mol. The third-order valence-electron chi connectivity index (χ3n) is 3.00. The maximum Gasteiger partial charge on any atom is 0.254 e. The largest absolute Gasteiger partial charge is 0.508 e.